The number of amides is 1. The van der Waals surface area contributed by atoms with Gasteiger partial charge in [-0.05, 0) is 23.8 Å². The number of hydrogen-bond donors (Lipinski definition) is 1. The number of hydrogen-bond acceptors (Lipinski definition) is 6. The normalized spacial score (nSPS) is 15.5. The minimum atomic E-state index is -3.63. The van der Waals surface area contributed by atoms with Crippen molar-refractivity contribution in [3.05, 3.63) is 65.0 Å². The third-order valence-corrected chi connectivity index (χ3v) is 9.69. The zero-order valence-corrected chi connectivity index (χ0v) is 19.0. The lowest BCUT2D eigenvalue weighted by atomic mass is 10.2. The number of sulfonamides is 1. The van der Waals surface area contributed by atoms with E-state index in [1.807, 2.05) is 18.2 Å². The first kappa shape index (κ1) is 20.6. The summed E-state index contributed by atoms with van der Waals surface area (Å²) in [7, 11) is -3.63. The Bertz CT molecular complexity index is 1370. The Kier molecular flexibility index (Phi) is 5.53. The molecule has 1 aliphatic heterocycles. The zero-order chi connectivity index (χ0) is 21.4. The topological polar surface area (TPSA) is 75.7 Å². The van der Waals surface area contributed by atoms with Gasteiger partial charge in [-0.15, -0.1) is 22.7 Å². The third-order valence-electron chi connectivity index (χ3n) is 5.27. The van der Waals surface area contributed by atoms with Crippen LogP contribution in [-0.4, -0.2) is 44.9 Å². The fraction of sp³-hybridized carbons (Fsp3) is 0.227. The van der Waals surface area contributed by atoms with Crippen molar-refractivity contribution in [2.75, 3.05) is 26.3 Å². The molecule has 1 saturated heterocycles. The van der Waals surface area contributed by atoms with Crippen molar-refractivity contribution >= 4 is 58.1 Å². The number of thiophene rings is 2. The lowest BCUT2D eigenvalue weighted by Crippen LogP contribution is -2.41. The highest BCUT2D eigenvalue weighted by molar-refractivity contribution is 7.89. The van der Waals surface area contributed by atoms with Gasteiger partial charge in [0.1, 0.15) is 0 Å². The Morgan fingerprint density at radius 1 is 1.00 bits per heavy atom. The van der Waals surface area contributed by atoms with Crippen molar-refractivity contribution in [1.29, 1.82) is 0 Å². The Balaban J connectivity index is 1.36. The molecule has 1 aliphatic rings. The van der Waals surface area contributed by atoms with E-state index < -0.39 is 10.0 Å². The molecule has 0 unspecified atom stereocenters. The van der Waals surface area contributed by atoms with Crippen molar-refractivity contribution in [2.45, 2.75) is 11.4 Å². The molecule has 0 radical (unpaired) electrons. The van der Waals surface area contributed by atoms with Crippen LogP contribution >= 0.6 is 22.7 Å². The van der Waals surface area contributed by atoms with E-state index in [1.54, 1.807) is 35.6 Å². The van der Waals surface area contributed by atoms with E-state index in [2.05, 4.69) is 17.4 Å². The second-order valence-corrected chi connectivity index (χ2v) is 11.3. The maximum Gasteiger partial charge on any atom is 0.261 e. The molecule has 2 aromatic heterocycles. The molecule has 9 heteroatoms. The highest BCUT2D eigenvalue weighted by Crippen LogP contribution is 2.39. The Hall–Kier alpha value is -2.30. The summed E-state index contributed by atoms with van der Waals surface area (Å²) in [5, 5.41) is 4.06. The number of morpholine rings is 1. The predicted octanol–water partition coefficient (Wildman–Crippen LogP) is 4.07. The van der Waals surface area contributed by atoms with Crippen LogP contribution in [0.1, 0.15) is 15.2 Å². The summed E-state index contributed by atoms with van der Waals surface area (Å²) in [5.74, 6) is -0.198. The molecule has 0 bridgehead atoms. The van der Waals surface area contributed by atoms with Crippen molar-refractivity contribution in [3.8, 4) is 0 Å². The summed E-state index contributed by atoms with van der Waals surface area (Å²) < 4.78 is 36.3. The van der Waals surface area contributed by atoms with E-state index >= 15 is 0 Å². The van der Waals surface area contributed by atoms with Crippen molar-refractivity contribution in [2.24, 2.45) is 0 Å². The maximum absolute atomic E-state index is 13.1. The molecule has 0 spiro atoms. The van der Waals surface area contributed by atoms with Crippen LogP contribution in [-0.2, 0) is 21.3 Å². The Labute approximate surface area is 188 Å². The molecule has 31 heavy (non-hydrogen) atoms. The number of fused-ring (bicyclic) bond motifs is 3. The molecule has 1 N–H and O–H groups in total. The highest BCUT2D eigenvalue weighted by atomic mass is 32.2. The summed E-state index contributed by atoms with van der Waals surface area (Å²) in [5.41, 5.74) is 0.575. The molecule has 1 amide bonds. The average molecular weight is 473 g/mol. The summed E-state index contributed by atoms with van der Waals surface area (Å²) in [6.07, 6.45) is 0. The Morgan fingerprint density at radius 2 is 1.74 bits per heavy atom. The van der Waals surface area contributed by atoms with Gasteiger partial charge in [-0.3, -0.25) is 4.79 Å². The van der Waals surface area contributed by atoms with Crippen molar-refractivity contribution < 1.29 is 17.9 Å². The van der Waals surface area contributed by atoms with E-state index in [4.69, 9.17) is 4.74 Å². The van der Waals surface area contributed by atoms with Gasteiger partial charge in [0, 0.05) is 34.4 Å². The monoisotopic (exact) mass is 472 g/mol. The molecular formula is C22H20N2O4S3. The molecule has 1 fully saturated rings. The number of nitrogens with zero attached hydrogens (tertiary/aromatic N) is 1. The lowest BCUT2D eigenvalue weighted by Gasteiger charge is -2.27. The summed E-state index contributed by atoms with van der Waals surface area (Å²) >= 11 is 3.14. The maximum atomic E-state index is 13.1. The smallest absolute Gasteiger partial charge is 0.261 e. The first-order valence-electron chi connectivity index (χ1n) is 9.89. The molecule has 2 aromatic carbocycles. The van der Waals surface area contributed by atoms with E-state index in [0.29, 0.717) is 36.7 Å². The minimum Gasteiger partial charge on any atom is -0.379 e. The number of carbonyl (C=O) groups is 1. The summed E-state index contributed by atoms with van der Waals surface area (Å²) in [6.45, 7) is 1.60. The molecule has 5 rings (SSSR count). The molecule has 6 nitrogen and oxygen atoms in total. The number of ether oxygens (including phenoxy) is 1. The van der Waals surface area contributed by atoms with E-state index in [1.165, 1.54) is 20.3 Å². The SMILES string of the molecule is O=C(NCc1ccccc1S(=O)(=O)N1CCOCC1)c1cc2sc3ccccc3c2s1. The summed E-state index contributed by atoms with van der Waals surface area (Å²) in [4.78, 5) is 13.7. The van der Waals surface area contributed by atoms with Gasteiger partial charge < -0.3 is 10.1 Å². The van der Waals surface area contributed by atoms with Crippen LogP contribution in [0.2, 0.25) is 0 Å². The Morgan fingerprint density at radius 3 is 2.58 bits per heavy atom. The second kappa shape index (κ2) is 8.33. The van der Waals surface area contributed by atoms with E-state index in [0.717, 1.165) is 14.8 Å². The van der Waals surface area contributed by atoms with Crippen LogP contribution in [0, 0.1) is 0 Å². The molecule has 4 aromatic rings. The van der Waals surface area contributed by atoms with Crippen LogP contribution in [0.3, 0.4) is 0 Å². The number of nitrogens with one attached hydrogen (secondary N) is 1. The fourth-order valence-electron chi connectivity index (χ4n) is 3.70. The van der Waals surface area contributed by atoms with Crippen LogP contribution in [0.15, 0.2) is 59.5 Å². The van der Waals surface area contributed by atoms with Crippen LogP contribution in [0.4, 0.5) is 0 Å². The molecule has 0 atom stereocenters. The number of rotatable bonds is 5. The molecule has 0 saturated carbocycles. The van der Waals surface area contributed by atoms with Gasteiger partial charge in [-0.1, -0.05) is 36.4 Å². The molecule has 3 heterocycles. The molecule has 160 valence electrons. The first-order chi connectivity index (χ1) is 15.0. The first-order valence-corrected chi connectivity index (χ1v) is 13.0. The van der Waals surface area contributed by atoms with Crippen LogP contribution < -0.4 is 5.32 Å². The fourth-order valence-corrected chi connectivity index (χ4v) is 7.77. The van der Waals surface area contributed by atoms with Gasteiger partial charge in [-0.2, -0.15) is 4.31 Å². The van der Waals surface area contributed by atoms with Gasteiger partial charge in [0.2, 0.25) is 10.0 Å². The van der Waals surface area contributed by atoms with Crippen molar-refractivity contribution in [3.63, 3.8) is 0 Å². The van der Waals surface area contributed by atoms with Gasteiger partial charge in [0.25, 0.3) is 5.91 Å². The number of benzene rings is 2. The third kappa shape index (κ3) is 3.88. The van der Waals surface area contributed by atoms with Crippen LogP contribution in [0.25, 0.3) is 19.5 Å². The van der Waals surface area contributed by atoms with Gasteiger partial charge in [0.15, 0.2) is 0 Å². The zero-order valence-electron chi connectivity index (χ0n) is 16.5. The second-order valence-electron chi connectivity index (χ2n) is 7.21. The quantitative estimate of drug-likeness (QED) is 0.475. The minimum absolute atomic E-state index is 0.144. The standard InChI is InChI=1S/C22H20N2O4S3/c25-22(19-13-18-21(30-19)16-6-2-3-7-17(16)29-18)23-14-15-5-1-4-8-20(15)31(26,27)24-9-11-28-12-10-24/h1-8,13H,9-12,14H2,(H,23,25). The van der Waals surface area contributed by atoms with Crippen LogP contribution in [0.5, 0.6) is 0 Å². The largest absolute Gasteiger partial charge is 0.379 e. The number of carbonyl (C=O) groups excluding carboxylic acids is 1. The molecular weight excluding hydrogens is 452 g/mol. The van der Waals surface area contributed by atoms with Crippen molar-refractivity contribution in [1.82, 2.24) is 9.62 Å². The highest BCUT2D eigenvalue weighted by Gasteiger charge is 2.28. The molecule has 0 aliphatic carbocycles. The summed E-state index contributed by atoms with van der Waals surface area (Å²) in [6, 6.07) is 16.9. The van der Waals surface area contributed by atoms with Gasteiger partial charge in [0.05, 0.1) is 27.7 Å². The average Bonchev–Trinajstić information content (AvgIpc) is 3.36. The van der Waals surface area contributed by atoms with Gasteiger partial charge >= 0.3 is 0 Å². The predicted molar refractivity (Wildman–Crippen MR) is 124 cm³/mol. The van der Waals surface area contributed by atoms with E-state index in [-0.39, 0.29) is 17.3 Å². The van der Waals surface area contributed by atoms with E-state index in [9.17, 15) is 13.2 Å². The lowest BCUT2D eigenvalue weighted by molar-refractivity contribution is 0.0730. The van der Waals surface area contributed by atoms with Gasteiger partial charge in [-0.25, -0.2) is 8.42 Å².